The lowest BCUT2D eigenvalue weighted by Crippen LogP contribution is -2.27. The van der Waals surface area contributed by atoms with E-state index < -0.39 is 30.0 Å². The monoisotopic (exact) mass is 431 g/mol. The van der Waals surface area contributed by atoms with Gasteiger partial charge in [-0.1, -0.05) is 35.3 Å². The Morgan fingerprint density at radius 2 is 1.83 bits per heavy atom. The summed E-state index contributed by atoms with van der Waals surface area (Å²) in [5.74, 6) is -1.10. The topological polar surface area (TPSA) is 61.2 Å². The maximum absolute atomic E-state index is 14.6. The molecule has 0 amide bonds. The van der Waals surface area contributed by atoms with Crippen molar-refractivity contribution in [2.75, 3.05) is 0 Å². The van der Waals surface area contributed by atoms with Crippen LogP contribution in [0.5, 0.6) is 0 Å². The van der Waals surface area contributed by atoms with Crippen molar-refractivity contribution >= 4 is 23.2 Å². The molecule has 1 aromatic heterocycles. The van der Waals surface area contributed by atoms with Gasteiger partial charge >= 0.3 is 0 Å². The molecular formula is C21H13Cl2F2N3O. The number of ether oxygens (including phenoxy) is 1. The highest BCUT2D eigenvalue weighted by Gasteiger charge is 2.42. The standard InChI is InChI=1S/C21H13Cl2F2N3O/c22-13-3-5-15(17(25)8-13)19(18-6-4-14(23)10-27-18)28-21-20(29-21)11-1-2-12(9-26)16(24)7-11/h1-8,10,19-21,28H/t19-,20?,21?/m0/s1. The number of aromatic nitrogens is 1. The largest absolute Gasteiger partial charge is 0.348 e. The molecule has 146 valence electrons. The van der Waals surface area contributed by atoms with E-state index in [4.69, 9.17) is 33.2 Å². The van der Waals surface area contributed by atoms with E-state index >= 15 is 0 Å². The summed E-state index contributed by atoms with van der Waals surface area (Å²) in [6, 6.07) is 13.2. The average molecular weight is 432 g/mol. The summed E-state index contributed by atoms with van der Waals surface area (Å²) in [7, 11) is 0. The molecular weight excluding hydrogens is 419 g/mol. The molecule has 29 heavy (non-hydrogen) atoms. The molecule has 1 aliphatic rings. The molecule has 4 nitrogen and oxygen atoms in total. The van der Waals surface area contributed by atoms with E-state index in [2.05, 4.69) is 10.3 Å². The number of nitrogens with one attached hydrogen (secondary N) is 1. The maximum atomic E-state index is 14.6. The minimum Gasteiger partial charge on any atom is -0.348 e. The van der Waals surface area contributed by atoms with Gasteiger partial charge in [0.2, 0.25) is 0 Å². The first-order chi connectivity index (χ1) is 14.0. The van der Waals surface area contributed by atoms with Gasteiger partial charge in [-0.3, -0.25) is 10.3 Å². The molecule has 1 fully saturated rings. The fraction of sp³-hybridized carbons (Fsp3) is 0.143. The first-order valence-electron chi connectivity index (χ1n) is 8.63. The molecule has 0 saturated carbocycles. The van der Waals surface area contributed by atoms with Crippen LogP contribution in [0.3, 0.4) is 0 Å². The van der Waals surface area contributed by atoms with Crippen molar-refractivity contribution in [1.29, 1.82) is 5.26 Å². The molecule has 0 spiro atoms. The number of epoxide rings is 1. The zero-order valence-electron chi connectivity index (χ0n) is 14.7. The molecule has 2 unspecified atom stereocenters. The van der Waals surface area contributed by atoms with Crippen LogP contribution in [-0.4, -0.2) is 11.2 Å². The second-order valence-corrected chi connectivity index (χ2v) is 7.37. The van der Waals surface area contributed by atoms with E-state index in [1.807, 2.05) is 0 Å². The minimum atomic E-state index is -0.636. The summed E-state index contributed by atoms with van der Waals surface area (Å²) < 4.78 is 34.1. The number of halogens is 4. The number of rotatable bonds is 5. The van der Waals surface area contributed by atoms with Crippen LogP contribution in [0.25, 0.3) is 0 Å². The SMILES string of the molecule is N#Cc1ccc(C2OC2N[C@H](c2ccc(Cl)cn2)c2ccc(Cl)cc2F)cc1F. The molecule has 3 aromatic rings. The van der Waals surface area contributed by atoms with Crippen LogP contribution in [-0.2, 0) is 4.74 Å². The Labute approximate surface area is 175 Å². The number of nitrogens with zero attached hydrogens (tertiary/aromatic N) is 2. The summed E-state index contributed by atoms with van der Waals surface area (Å²) in [5, 5.41) is 12.8. The highest BCUT2D eigenvalue weighted by molar-refractivity contribution is 6.30. The Morgan fingerprint density at radius 1 is 1.03 bits per heavy atom. The fourth-order valence-corrected chi connectivity index (χ4v) is 3.35. The Balaban J connectivity index is 1.61. The molecule has 1 saturated heterocycles. The predicted molar refractivity (Wildman–Crippen MR) is 104 cm³/mol. The maximum Gasteiger partial charge on any atom is 0.141 e. The van der Waals surface area contributed by atoms with Crippen molar-refractivity contribution in [3.63, 3.8) is 0 Å². The van der Waals surface area contributed by atoms with Gasteiger partial charge < -0.3 is 4.74 Å². The van der Waals surface area contributed by atoms with E-state index in [0.29, 0.717) is 21.8 Å². The number of hydrogen-bond donors (Lipinski definition) is 1. The molecule has 8 heteroatoms. The molecule has 0 radical (unpaired) electrons. The van der Waals surface area contributed by atoms with Gasteiger partial charge in [-0.2, -0.15) is 5.26 Å². The van der Waals surface area contributed by atoms with Crippen LogP contribution in [0.1, 0.15) is 34.5 Å². The van der Waals surface area contributed by atoms with Crippen molar-refractivity contribution in [2.45, 2.75) is 18.4 Å². The van der Waals surface area contributed by atoms with E-state index in [0.717, 1.165) is 0 Å². The van der Waals surface area contributed by atoms with Crippen LogP contribution in [0.15, 0.2) is 54.7 Å². The van der Waals surface area contributed by atoms with Crippen molar-refractivity contribution < 1.29 is 13.5 Å². The number of nitriles is 1. The van der Waals surface area contributed by atoms with E-state index in [1.54, 1.807) is 36.4 Å². The normalized spacial score (nSPS) is 18.9. The van der Waals surface area contributed by atoms with Gasteiger partial charge in [0.1, 0.15) is 30.0 Å². The fourth-order valence-electron chi connectivity index (χ4n) is 3.08. The number of benzene rings is 2. The third-order valence-electron chi connectivity index (χ3n) is 4.58. The van der Waals surface area contributed by atoms with Gasteiger partial charge in [0.15, 0.2) is 0 Å². The second-order valence-electron chi connectivity index (χ2n) is 6.50. The summed E-state index contributed by atoms with van der Waals surface area (Å²) in [5.41, 5.74) is 1.42. The van der Waals surface area contributed by atoms with Crippen LogP contribution in [0, 0.1) is 23.0 Å². The zero-order valence-corrected chi connectivity index (χ0v) is 16.3. The van der Waals surface area contributed by atoms with Gasteiger partial charge in [-0.15, -0.1) is 0 Å². The van der Waals surface area contributed by atoms with Crippen LogP contribution < -0.4 is 5.32 Å². The van der Waals surface area contributed by atoms with Crippen molar-refractivity contribution in [1.82, 2.24) is 10.3 Å². The first kappa shape index (κ1) is 19.7. The zero-order chi connectivity index (χ0) is 20.5. The van der Waals surface area contributed by atoms with Crippen LogP contribution >= 0.6 is 23.2 Å². The molecule has 3 atom stereocenters. The summed E-state index contributed by atoms with van der Waals surface area (Å²) in [6.07, 6.45) is 0.558. The summed E-state index contributed by atoms with van der Waals surface area (Å²) >= 11 is 11.8. The predicted octanol–water partition coefficient (Wildman–Crippen LogP) is 5.31. The van der Waals surface area contributed by atoms with E-state index in [1.165, 1.54) is 24.4 Å². The molecule has 1 aliphatic heterocycles. The Bertz CT molecular complexity index is 1100. The highest BCUT2D eigenvalue weighted by atomic mass is 35.5. The Kier molecular flexibility index (Phi) is 5.48. The van der Waals surface area contributed by atoms with Crippen molar-refractivity contribution in [3.8, 4) is 6.07 Å². The minimum absolute atomic E-state index is 0.0367. The Hall–Kier alpha value is -2.56. The van der Waals surface area contributed by atoms with Crippen LogP contribution in [0.2, 0.25) is 10.0 Å². The third kappa shape index (κ3) is 4.24. The molecule has 2 heterocycles. The third-order valence-corrected chi connectivity index (χ3v) is 5.04. The van der Waals surface area contributed by atoms with Gasteiger partial charge in [0, 0.05) is 16.8 Å². The molecule has 0 bridgehead atoms. The first-order valence-corrected chi connectivity index (χ1v) is 9.39. The lowest BCUT2D eigenvalue weighted by atomic mass is 10.0. The van der Waals surface area contributed by atoms with Crippen LogP contribution in [0.4, 0.5) is 8.78 Å². The Morgan fingerprint density at radius 3 is 2.48 bits per heavy atom. The molecule has 2 aromatic carbocycles. The quantitative estimate of drug-likeness (QED) is 0.555. The summed E-state index contributed by atoms with van der Waals surface area (Å²) in [4.78, 5) is 4.29. The van der Waals surface area contributed by atoms with Gasteiger partial charge in [-0.25, -0.2) is 8.78 Å². The molecule has 4 rings (SSSR count). The number of pyridine rings is 1. The molecule has 0 aliphatic carbocycles. The highest BCUT2D eigenvalue weighted by Crippen LogP contribution is 2.40. The smallest absolute Gasteiger partial charge is 0.141 e. The van der Waals surface area contributed by atoms with Crippen molar-refractivity contribution in [2.24, 2.45) is 0 Å². The number of hydrogen-bond acceptors (Lipinski definition) is 4. The van der Waals surface area contributed by atoms with Crippen molar-refractivity contribution in [3.05, 3.63) is 98.8 Å². The average Bonchev–Trinajstić information content (AvgIpc) is 3.47. The molecule has 1 N–H and O–H groups in total. The summed E-state index contributed by atoms with van der Waals surface area (Å²) in [6.45, 7) is 0. The van der Waals surface area contributed by atoms with E-state index in [-0.39, 0.29) is 10.6 Å². The second kappa shape index (κ2) is 8.05. The lowest BCUT2D eigenvalue weighted by molar-refractivity contribution is 0.333. The van der Waals surface area contributed by atoms with E-state index in [9.17, 15) is 8.78 Å². The lowest BCUT2D eigenvalue weighted by Gasteiger charge is -2.19. The van der Waals surface area contributed by atoms with Gasteiger partial charge in [-0.05, 0) is 42.0 Å². The van der Waals surface area contributed by atoms with Gasteiger partial charge in [0.05, 0.1) is 22.3 Å². The van der Waals surface area contributed by atoms with Gasteiger partial charge in [0.25, 0.3) is 0 Å².